The van der Waals surface area contributed by atoms with Gasteiger partial charge >= 0.3 is 0 Å². The molecule has 0 bridgehead atoms. The van der Waals surface area contributed by atoms with Crippen molar-refractivity contribution in [2.75, 3.05) is 17.2 Å². The number of fused-ring (bicyclic) bond motifs is 3. The summed E-state index contributed by atoms with van der Waals surface area (Å²) in [5.41, 5.74) is 20.5. The number of hydrogen-bond acceptors (Lipinski definition) is 14. The molecule has 88 heavy (non-hydrogen) atoms. The molecule has 5 N–H and O–H groups in total. The number of anilines is 1. The molecule has 14 nitrogen and oxygen atoms in total. The Hall–Kier alpha value is -6.13. The SMILES string of the molecule is CC(c1cc(C#N)c2c(c1CC(=O)CS(=N)(=O)c1cc(C(C)(C)O)co1)CCC2)C1CC1.CC(c1cc(C#N)c2c(c1CC(=O)CS(=O)(=N[Si](C)(C)C(C)(C)C)c1cc(C(C)(C)O)co1)CCC2)C1CC1.CC(c1cc(C#N)c2c(c1N)CCC2)C1CC1. The van der Waals surface area contributed by atoms with Crippen molar-refractivity contribution >= 4 is 44.9 Å². The zero-order valence-corrected chi connectivity index (χ0v) is 56.6. The minimum Gasteiger partial charge on any atom is -0.454 e. The fraction of sp³-hybridized carbons (Fsp3) is 0.563. The van der Waals surface area contributed by atoms with Gasteiger partial charge in [0.1, 0.15) is 19.5 Å². The number of Topliss-reactive ketones (excluding diaryl/α,β-unsaturated/α-hetero) is 2. The van der Waals surface area contributed by atoms with Crippen LogP contribution in [0.4, 0.5) is 5.69 Å². The van der Waals surface area contributed by atoms with E-state index in [0.29, 0.717) is 28.9 Å². The van der Waals surface area contributed by atoms with Gasteiger partial charge in [0.15, 0.2) is 30.0 Å². The number of hydrogen-bond donors (Lipinski definition) is 4. The maximum atomic E-state index is 14.7. The van der Waals surface area contributed by atoms with Gasteiger partial charge in [-0.05, 0) is 257 Å². The van der Waals surface area contributed by atoms with E-state index in [0.717, 1.165) is 143 Å². The number of nitrogens with two attached hydrogens (primary N) is 1. The van der Waals surface area contributed by atoms with Crippen LogP contribution in [-0.4, -0.2) is 49.9 Å². The van der Waals surface area contributed by atoms with Crippen LogP contribution in [0.25, 0.3) is 0 Å². The van der Waals surface area contributed by atoms with Gasteiger partial charge in [-0.3, -0.25) is 13.6 Å². The summed E-state index contributed by atoms with van der Waals surface area (Å²) < 4.78 is 52.1. The molecule has 5 atom stereocenters. The van der Waals surface area contributed by atoms with Crippen LogP contribution in [0.15, 0.2) is 65.9 Å². The van der Waals surface area contributed by atoms with E-state index in [1.165, 1.54) is 61.0 Å². The maximum Gasteiger partial charge on any atom is 0.199 e. The van der Waals surface area contributed by atoms with Crippen molar-refractivity contribution in [1.29, 1.82) is 20.6 Å². The lowest BCUT2D eigenvalue weighted by Gasteiger charge is -2.33. The van der Waals surface area contributed by atoms with Gasteiger partial charge in [-0.25, -0.2) is 13.2 Å². The van der Waals surface area contributed by atoms with E-state index < -0.39 is 44.6 Å². The first-order chi connectivity index (χ1) is 41.2. The summed E-state index contributed by atoms with van der Waals surface area (Å²) in [5.74, 6) is 1.98. The molecule has 3 saturated carbocycles. The van der Waals surface area contributed by atoms with E-state index in [4.69, 9.17) is 23.4 Å². The number of rotatable bonds is 19. The van der Waals surface area contributed by atoms with Crippen LogP contribution >= 0.6 is 0 Å². The molecule has 6 aliphatic carbocycles. The monoisotopic (exact) mass is 1250 g/mol. The van der Waals surface area contributed by atoms with E-state index >= 15 is 0 Å². The second-order valence-corrected chi connectivity index (χ2v) is 38.3. The van der Waals surface area contributed by atoms with Crippen molar-refractivity contribution in [1.82, 2.24) is 0 Å². The minimum atomic E-state index is -3.46. The van der Waals surface area contributed by atoms with Gasteiger partial charge in [0.25, 0.3) is 0 Å². The second-order valence-electron chi connectivity index (χ2n) is 28.9. The molecule has 0 aliphatic heterocycles. The third-order valence-electron chi connectivity index (χ3n) is 20.3. The second kappa shape index (κ2) is 25.3. The molecule has 6 aliphatic rings. The number of nitriles is 3. The van der Waals surface area contributed by atoms with Crippen LogP contribution in [0, 0.1) is 56.5 Å². The first kappa shape index (κ1) is 66.3. The summed E-state index contributed by atoms with van der Waals surface area (Å²) in [5, 5.41) is 49.3. The summed E-state index contributed by atoms with van der Waals surface area (Å²) in [4.78, 5) is 26.9. The summed E-state index contributed by atoms with van der Waals surface area (Å²) in [6.45, 7) is 23.5. The molecule has 3 fully saturated rings. The smallest absolute Gasteiger partial charge is 0.199 e. The van der Waals surface area contributed by atoms with Gasteiger partial charge in [0, 0.05) is 41.8 Å². The largest absolute Gasteiger partial charge is 0.454 e. The standard InChI is InChI=1S/C31H44N2O4SSi.C25H30N2O4S.C15H18N2/c1-20(21-12-13-21)27-14-22(17-32)25-10-9-11-26(25)28(27)16-24(34)19-38(36,33-39(7,8)30(2,3)4)29-15-23(18-37-29)31(5,6)35;1-15(16-7-8-16)22-9-17(12-26)20-5-4-6-21(20)23(22)11-19(28)14-32(27,30)24-10-18(13-31-24)25(2,3)29;1-9(10-5-6-10)14-7-11(8-16)12-3-2-4-13(12)15(14)17/h14-15,18,20-21,35H,9-13,16,19H2,1-8H3;9-10,13,15-16,27,29H,4-8,11,14H2,1-3H3;7,9-10H,2-6,17H2,1H3. The van der Waals surface area contributed by atoms with Crippen molar-refractivity contribution in [2.24, 2.45) is 21.8 Å². The molecule has 2 aromatic heterocycles. The molecule has 2 heterocycles. The molecule has 470 valence electrons. The van der Waals surface area contributed by atoms with Crippen LogP contribution in [0.5, 0.6) is 0 Å². The van der Waals surface area contributed by atoms with Gasteiger partial charge in [0.05, 0.1) is 70.1 Å². The number of nitrogens with zero attached hydrogens (tertiary/aromatic N) is 4. The summed E-state index contributed by atoms with van der Waals surface area (Å²) in [7, 11) is -9.13. The summed E-state index contributed by atoms with van der Waals surface area (Å²) >= 11 is 0. The van der Waals surface area contributed by atoms with Gasteiger partial charge in [-0.1, -0.05) is 41.5 Å². The minimum absolute atomic E-state index is 0.0837. The zero-order chi connectivity index (χ0) is 64.2. The van der Waals surface area contributed by atoms with Crippen molar-refractivity contribution in [3.63, 3.8) is 0 Å². The highest BCUT2D eigenvalue weighted by molar-refractivity contribution is 7.95. The quantitative estimate of drug-likeness (QED) is 0.0444. The van der Waals surface area contributed by atoms with E-state index in [-0.39, 0.29) is 57.2 Å². The van der Waals surface area contributed by atoms with Crippen molar-refractivity contribution in [3.05, 3.63) is 132 Å². The van der Waals surface area contributed by atoms with Gasteiger partial charge < -0.3 is 24.8 Å². The third-order valence-corrected chi connectivity index (χ3v) is 30.1. The lowest BCUT2D eigenvalue weighted by molar-refractivity contribution is -0.116. The molecule has 3 aromatic carbocycles. The normalized spacial score (nSPS) is 18.7. The molecule has 0 saturated heterocycles. The Morgan fingerprint density at radius 3 is 1.34 bits per heavy atom. The number of nitrogen functional groups attached to an aromatic ring is 1. The van der Waals surface area contributed by atoms with E-state index in [1.807, 2.05) is 12.1 Å². The van der Waals surface area contributed by atoms with E-state index in [9.17, 15) is 44.0 Å². The van der Waals surface area contributed by atoms with Crippen molar-refractivity contribution in [2.45, 2.75) is 236 Å². The number of aliphatic hydroxyl groups is 2. The Labute approximate surface area is 524 Å². The predicted molar refractivity (Wildman–Crippen MR) is 348 cm³/mol. The van der Waals surface area contributed by atoms with Crippen molar-refractivity contribution < 1.29 is 37.1 Å². The molecule has 0 amide bonds. The average Bonchev–Trinajstić information content (AvgIpc) is 3.61. The number of furan rings is 2. The van der Waals surface area contributed by atoms with Crippen LogP contribution < -0.4 is 5.73 Å². The van der Waals surface area contributed by atoms with Crippen LogP contribution in [0.3, 0.4) is 0 Å². The fourth-order valence-corrected chi connectivity index (χ4v) is 20.4. The van der Waals surface area contributed by atoms with Gasteiger partial charge in [0.2, 0.25) is 0 Å². The van der Waals surface area contributed by atoms with Crippen LogP contribution in [0.1, 0.15) is 234 Å². The molecule has 0 radical (unpaired) electrons. The first-order valence-corrected chi connectivity index (χ1v) is 38.2. The average molecular weight is 1250 g/mol. The highest BCUT2D eigenvalue weighted by atomic mass is 32.2. The molecule has 5 unspecified atom stereocenters. The number of ketones is 2. The van der Waals surface area contributed by atoms with Gasteiger partial charge in [-0.2, -0.15) is 15.8 Å². The highest BCUT2D eigenvalue weighted by Gasteiger charge is 2.41. The maximum absolute atomic E-state index is 14.7. The molecule has 11 rings (SSSR count). The molecular formula is C71H92N6O8S2Si. The summed E-state index contributed by atoms with van der Waals surface area (Å²) in [6.07, 6.45) is 18.9. The zero-order valence-electron chi connectivity index (χ0n) is 54.0. The number of benzene rings is 3. The first-order valence-electron chi connectivity index (χ1n) is 31.9. The highest BCUT2D eigenvalue weighted by Crippen LogP contribution is 2.49. The number of nitrogens with one attached hydrogen (secondary N) is 1. The van der Waals surface area contributed by atoms with Crippen LogP contribution in [-0.2, 0) is 91.6 Å². The molecular weight excluding hydrogens is 1160 g/mol. The third kappa shape index (κ3) is 14.4. The molecule has 5 aromatic rings. The lowest BCUT2D eigenvalue weighted by atomic mass is 9.84. The molecule has 17 heteroatoms. The summed E-state index contributed by atoms with van der Waals surface area (Å²) in [6, 6.07) is 16.2. The Kier molecular flexibility index (Phi) is 19.0. The Morgan fingerprint density at radius 2 is 0.955 bits per heavy atom. The van der Waals surface area contributed by atoms with E-state index in [2.05, 4.69) is 78.9 Å². The molecule has 0 spiro atoms. The van der Waals surface area contributed by atoms with Crippen molar-refractivity contribution in [3.8, 4) is 18.2 Å². The fourth-order valence-electron chi connectivity index (χ4n) is 13.3. The van der Waals surface area contributed by atoms with Crippen LogP contribution in [0.2, 0.25) is 18.1 Å². The number of carbonyl (C=O) groups excluding carboxylic acids is 2. The van der Waals surface area contributed by atoms with E-state index in [1.54, 1.807) is 33.8 Å². The number of carbonyl (C=O) groups is 2. The Bertz CT molecular complexity index is 3920. The van der Waals surface area contributed by atoms with Gasteiger partial charge in [-0.15, -0.1) is 0 Å². The Balaban J connectivity index is 0.000000168. The Morgan fingerprint density at radius 1 is 0.602 bits per heavy atom. The predicted octanol–water partition coefficient (Wildman–Crippen LogP) is 14.8. The lowest BCUT2D eigenvalue weighted by Crippen LogP contribution is -2.37. The topological polar surface area (TPSA) is 269 Å².